The summed E-state index contributed by atoms with van der Waals surface area (Å²) in [5, 5.41) is 24.4. The van der Waals surface area contributed by atoms with Gasteiger partial charge in [-0.15, -0.1) is 0 Å². The monoisotopic (exact) mass is 526 g/mol. The molecule has 5 saturated heterocycles. The van der Waals surface area contributed by atoms with Gasteiger partial charge in [0.2, 0.25) is 0 Å². The number of hydrogen-bond donors (Lipinski definition) is 2. The molecule has 5 aliphatic heterocycles. The van der Waals surface area contributed by atoms with Crippen LogP contribution in [0.3, 0.4) is 0 Å². The summed E-state index contributed by atoms with van der Waals surface area (Å²) in [6, 6.07) is 5.38. The van der Waals surface area contributed by atoms with Gasteiger partial charge in [0.25, 0.3) is 0 Å². The van der Waals surface area contributed by atoms with Crippen molar-refractivity contribution >= 4 is 11.8 Å². The van der Waals surface area contributed by atoms with E-state index in [-0.39, 0.29) is 22.2 Å². The van der Waals surface area contributed by atoms with Crippen LogP contribution in [0.25, 0.3) is 0 Å². The summed E-state index contributed by atoms with van der Waals surface area (Å²) in [5.41, 5.74) is 2.20. The molecule has 7 heteroatoms. The quantitative estimate of drug-likeness (QED) is 0.501. The molecule has 37 heavy (non-hydrogen) atoms. The van der Waals surface area contributed by atoms with Crippen LogP contribution in [0.4, 0.5) is 0 Å². The highest BCUT2D eigenvalue weighted by molar-refractivity contribution is 8.01. The van der Waals surface area contributed by atoms with Gasteiger partial charge in [-0.3, -0.25) is 9.80 Å². The molecule has 5 fully saturated rings. The summed E-state index contributed by atoms with van der Waals surface area (Å²) in [6.07, 6.45) is 16.0. The molecule has 0 saturated carbocycles. The molecule has 2 N–H and O–H groups in total. The molecule has 2 aromatic heterocycles. The summed E-state index contributed by atoms with van der Waals surface area (Å²) < 4.78 is 10.7. The topological polar surface area (TPSA) is 73.2 Å². The van der Waals surface area contributed by atoms with E-state index in [4.69, 9.17) is 8.83 Å². The highest BCUT2D eigenvalue weighted by atomic mass is 32.2. The summed E-state index contributed by atoms with van der Waals surface area (Å²) in [6.45, 7) is 4.72. The number of fused-ring (bicyclic) bond motifs is 2. The third-order valence-electron chi connectivity index (χ3n) is 11.1. The van der Waals surface area contributed by atoms with Gasteiger partial charge in [-0.1, -0.05) is 13.8 Å². The Labute approximate surface area is 224 Å². The number of nitrogens with zero attached hydrogens (tertiary/aromatic N) is 2. The Bertz CT molecular complexity index is 993. The van der Waals surface area contributed by atoms with Crippen molar-refractivity contribution in [2.45, 2.75) is 113 Å². The number of hydrogen-bond acceptors (Lipinski definition) is 7. The zero-order valence-corrected chi connectivity index (χ0v) is 23.0. The van der Waals surface area contributed by atoms with Crippen molar-refractivity contribution in [1.29, 1.82) is 0 Å². The van der Waals surface area contributed by atoms with Crippen molar-refractivity contribution in [3.8, 4) is 0 Å². The van der Waals surface area contributed by atoms with Crippen LogP contribution in [-0.4, -0.2) is 55.1 Å². The summed E-state index contributed by atoms with van der Waals surface area (Å²) >= 11 is 1.96. The Hall–Kier alpha value is -1.25. The first-order valence-corrected chi connectivity index (χ1v) is 15.5. The number of rotatable bonds is 2. The fraction of sp³-hybridized carbons (Fsp3) is 0.733. The van der Waals surface area contributed by atoms with Crippen molar-refractivity contribution in [3.63, 3.8) is 0 Å². The fourth-order valence-corrected chi connectivity index (χ4v) is 11.0. The van der Waals surface area contributed by atoms with Crippen LogP contribution in [0.5, 0.6) is 0 Å². The van der Waals surface area contributed by atoms with Gasteiger partial charge in [0.1, 0.15) is 12.5 Å². The second-order valence-corrected chi connectivity index (χ2v) is 14.4. The maximum Gasteiger partial charge on any atom is 0.122 e. The molecule has 0 unspecified atom stereocenters. The molecule has 2 spiro atoms. The molecule has 2 aromatic rings. The molecule has 7 rings (SSSR count). The first-order chi connectivity index (χ1) is 17.9. The molecule has 0 bridgehead atoms. The maximum absolute atomic E-state index is 12.2. The lowest BCUT2D eigenvalue weighted by Crippen LogP contribution is -2.64. The van der Waals surface area contributed by atoms with E-state index in [9.17, 15) is 10.2 Å². The zero-order valence-electron chi connectivity index (χ0n) is 22.2. The van der Waals surface area contributed by atoms with Crippen LogP contribution in [0.15, 0.2) is 46.0 Å². The second kappa shape index (κ2) is 9.16. The van der Waals surface area contributed by atoms with Gasteiger partial charge in [0.15, 0.2) is 0 Å². The van der Waals surface area contributed by atoms with Gasteiger partial charge in [-0.2, -0.15) is 11.8 Å². The molecule has 202 valence electrons. The average Bonchev–Trinajstić information content (AvgIpc) is 3.68. The maximum atomic E-state index is 12.2. The zero-order chi connectivity index (χ0) is 25.4. The van der Waals surface area contributed by atoms with Crippen molar-refractivity contribution in [2.75, 3.05) is 5.75 Å². The normalized spacial score (nSPS) is 46.8. The minimum atomic E-state index is -0.506. The van der Waals surface area contributed by atoms with Crippen LogP contribution in [-0.2, 0) is 0 Å². The number of thioether (sulfide) groups is 1. The van der Waals surface area contributed by atoms with Gasteiger partial charge in [-0.05, 0) is 81.8 Å². The smallest absolute Gasteiger partial charge is 0.122 e. The van der Waals surface area contributed by atoms with E-state index in [2.05, 4.69) is 35.8 Å². The van der Waals surface area contributed by atoms with E-state index >= 15 is 0 Å². The van der Waals surface area contributed by atoms with Crippen molar-refractivity contribution in [1.82, 2.24) is 9.80 Å². The minimum Gasteiger partial charge on any atom is -0.472 e. The highest BCUT2D eigenvalue weighted by Gasteiger charge is 2.63. The largest absolute Gasteiger partial charge is 0.472 e. The molecule has 0 aliphatic carbocycles. The molecule has 10 atom stereocenters. The molecule has 5 aliphatic rings. The Kier molecular flexibility index (Phi) is 6.13. The molecular formula is C30H42N2O4S. The lowest BCUT2D eigenvalue weighted by Gasteiger charge is -2.58. The summed E-state index contributed by atoms with van der Waals surface area (Å²) in [5.74, 6) is 2.10. The van der Waals surface area contributed by atoms with Crippen LogP contribution >= 0.6 is 11.8 Å². The van der Waals surface area contributed by atoms with Crippen molar-refractivity contribution < 1.29 is 19.0 Å². The second-order valence-electron chi connectivity index (χ2n) is 13.0. The van der Waals surface area contributed by atoms with Crippen LogP contribution in [0, 0.1) is 17.3 Å². The summed E-state index contributed by atoms with van der Waals surface area (Å²) in [4.78, 5) is 4.90. The van der Waals surface area contributed by atoms with Gasteiger partial charge in [0, 0.05) is 46.5 Å². The molecule has 6 nitrogen and oxygen atoms in total. The molecule has 0 amide bonds. The molecule has 0 radical (unpaired) electrons. The number of piperidine rings is 4. The Morgan fingerprint density at radius 2 is 1.35 bits per heavy atom. The van der Waals surface area contributed by atoms with Gasteiger partial charge >= 0.3 is 0 Å². The van der Waals surface area contributed by atoms with E-state index in [1.807, 2.05) is 24.3 Å². The first kappa shape index (κ1) is 24.8. The van der Waals surface area contributed by atoms with Gasteiger partial charge in [-0.25, -0.2) is 0 Å². The van der Waals surface area contributed by atoms with E-state index < -0.39 is 12.5 Å². The molecule has 0 aromatic carbocycles. The van der Waals surface area contributed by atoms with E-state index in [0.717, 1.165) is 50.7 Å². The molecular weight excluding hydrogens is 484 g/mol. The van der Waals surface area contributed by atoms with E-state index in [0.29, 0.717) is 23.9 Å². The molecule has 7 heterocycles. The fourth-order valence-electron chi connectivity index (χ4n) is 9.06. The minimum absolute atomic E-state index is 0.180. The van der Waals surface area contributed by atoms with Crippen LogP contribution in [0.1, 0.15) is 94.8 Å². The number of aliphatic hydroxyl groups excluding tert-OH is 2. The average molecular weight is 527 g/mol. The number of furan rings is 2. The lowest BCUT2D eigenvalue weighted by atomic mass is 9.65. The van der Waals surface area contributed by atoms with E-state index in [1.165, 1.54) is 24.0 Å². The Balaban J connectivity index is 1.18. The van der Waals surface area contributed by atoms with E-state index in [1.54, 1.807) is 12.5 Å². The Morgan fingerprint density at radius 3 is 1.92 bits per heavy atom. The highest BCUT2D eigenvalue weighted by Crippen LogP contribution is 2.63. The van der Waals surface area contributed by atoms with Crippen molar-refractivity contribution in [2.24, 2.45) is 17.3 Å². The predicted molar refractivity (Wildman–Crippen MR) is 144 cm³/mol. The third kappa shape index (κ3) is 3.75. The first-order valence-electron chi connectivity index (χ1n) is 14.5. The van der Waals surface area contributed by atoms with Crippen molar-refractivity contribution in [3.05, 3.63) is 48.3 Å². The number of aliphatic hydroxyl groups is 2. The Morgan fingerprint density at radius 1 is 0.784 bits per heavy atom. The predicted octanol–water partition coefficient (Wildman–Crippen LogP) is 5.94. The van der Waals surface area contributed by atoms with Crippen LogP contribution in [0.2, 0.25) is 0 Å². The van der Waals surface area contributed by atoms with Crippen LogP contribution < -0.4 is 0 Å². The SMILES string of the molecule is C[C@@H]1CC[C@@H](c2ccoc2)N2[C@@H](O)[C@@]3(CC[C@@H]12)CS[C@]1(CC[C@H]2[C@H](C)CC[C@@H](c4ccoc4)N2[C@H]1O)C3. The standard InChI is InChI=1S/C30H42N2O4S/c1-19-3-5-25(21-9-13-35-15-21)31-23(19)7-11-29(27(31)33)17-30(37-18-29)12-8-24-20(2)4-6-26(32(24)28(30)34)22-10-14-36-16-22/h9-10,13-16,19-20,23-28,33-34H,3-8,11-12,17-18H2,1-2H3/t19-,20-,23+,24+,25+,26+,27+,28+,29-,30-/m1/s1. The summed E-state index contributed by atoms with van der Waals surface area (Å²) in [7, 11) is 0. The van der Waals surface area contributed by atoms with Gasteiger partial charge < -0.3 is 19.0 Å². The lowest BCUT2D eigenvalue weighted by molar-refractivity contribution is -0.191. The van der Waals surface area contributed by atoms with Gasteiger partial charge in [0.05, 0.1) is 29.8 Å². The third-order valence-corrected chi connectivity index (χ3v) is 13.0.